The van der Waals surface area contributed by atoms with E-state index in [-0.39, 0.29) is 137 Å². The third-order valence-electron chi connectivity index (χ3n) is 16.0. The highest BCUT2D eigenvalue weighted by Crippen LogP contribution is 2.60. The van der Waals surface area contributed by atoms with E-state index >= 15 is 0 Å². The molecule has 0 unspecified atom stereocenters. The first-order valence-electron chi connectivity index (χ1n) is 34.2. The van der Waals surface area contributed by atoms with E-state index in [1.807, 2.05) is 0 Å². The van der Waals surface area contributed by atoms with Gasteiger partial charge < -0.3 is 85.9 Å². The van der Waals surface area contributed by atoms with Crippen molar-refractivity contribution in [2.24, 2.45) is 46.6 Å². The summed E-state index contributed by atoms with van der Waals surface area (Å²) in [6, 6.07) is -1.66. The number of nitrogens with zero attached hydrogens (tertiary/aromatic N) is 2. The third-order valence-corrected chi connectivity index (χ3v) is 25.2. The molecule has 4 heterocycles. The number of carbonyl (C=O) groups excluding carboxylic acids is 16. The fourth-order valence-corrected chi connectivity index (χ4v) is 17.7. The van der Waals surface area contributed by atoms with Crippen molar-refractivity contribution in [3.63, 3.8) is 0 Å². The van der Waals surface area contributed by atoms with Crippen molar-refractivity contribution in [1.29, 1.82) is 0 Å². The van der Waals surface area contributed by atoms with Gasteiger partial charge in [-0.2, -0.15) is 0 Å². The van der Waals surface area contributed by atoms with Gasteiger partial charge in [-0.3, -0.25) is 76.7 Å². The normalized spacial score (nSPS) is 15.3. The lowest BCUT2D eigenvalue weighted by atomic mass is 10.0. The molecule has 0 spiro atoms. The van der Waals surface area contributed by atoms with E-state index in [1.165, 1.54) is 27.7 Å². The highest BCUT2D eigenvalue weighted by molar-refractivity contribution is 8.93. The highest BCUT2D eigenvalue weighted by Gasteiger charge is 2.40. The van der Waals surface area contributed by atoms with Crippen molar-refractivity contribution in [3.05, 3.63) is 0 Å². The third kappa shape index (κ3) is 44.8. The first kappa shape index (κ1) is 93.4. The Labute approximate surface area is 635 Å². The number of hydrogen-bond donors (Lipinski definition) is 14. The van der Waals surface area contributed by atoms with Crippen LogP contribution in [-0.4, -0.2) is 213 Å². The summed E-state index contributed by atoms with van der Waals surface area (Å²) in [6.45, 7) is 5.89. The Kier molecular flexibility index (Phi) is 48.2. The number of primary amides is 4. The summed E-state index contributed by atoms with van der Waals surface area (Å²) in [5.41, 5.74) is 22.0. The highest BCUT2D eigenvalue weighted by atomic mass is 33.2. The predicted molar refractivity (Wildman–Crippen MR) is 409 cm³/mol. The molecule has 4 rings (SSSR count). The summed E-state index contributed by atoms with van der Waals surface area (Å²) in [7, 11) is 13.0. The van der Waals surface area contributed by atoms with E-state index < -0.39 is 71.2 Å². The van der Waals surface area contributed by atoms with Crippen LogP contribution in [0.3, 0.4) is 0 Å². The molecule has 0 bridgehead atoms. The van der Waals surface area contributed by atoms with Gasteiger partial charge in [0, 0.05) is 92.9 Å². The molecule has 0 saturated carbocycles. The number of carbonyl (C=O) groups is 16. The Bertz CT molecular complexity index is 2520. The van der Waals surface area contributed by atoms with E-state index in [2.05, 4.69) is 53.2 Å². The van der Waals surface area contributed by atoms with Gasteiger partial charge in [0.1, 0.15) is 38.3 Å². The lowest BCUT2D eigenvalue weighted by Gasteiger charge is -2.23. The molecular weight excluding hydrogens is 1490 g/mol. The van der Waals surface area contributed by atoms with Crippen LogP contribution >= 0.6 is 86.4 Å². The molecule has 4 fully saturated rings. The topological polar surface area (TPSA) is 504 Å². The maximum absolute atomic E-state index is 13.2. The standard InChI is InChI=1S/2C31H52N8O8S4.CH4/c2*1-19(40)34-13-8-5-11-23(38-20(2)41)29(47)37-16-12-26(44)39(17-24(42)35-14-6-3-9-21(27(32)45)30-48-49-30)18-25(43)36-15-7-4-10-22(28(33)46)31-50-51-31;/h2*21-23,30-31H,3-18H2,1-2H3,(H2,32,45)(H2,33,46)(H,34,40)(H,35,42)(H,36,43)(H,37,47)(H,38,41);1H4/t2*21-,22-,23-;/m00./s1. The second-order valence-corrected chi connectivity index (χ2v) is 36.1. The van der Waals surface area contributed by atoms with Gasteiger partial charge >= 0.3 is 0 Å². The van der Waals surface area contributed by atoms with Crippen molar-refractivity contribution < 1.29 is 76.7 Å². The van der Waals surface area contributed by atoms with Crippen molar-refractivity contribution in [1.82, 2.24) is 63.0 Å². The molecule has 4 aliphatic rings. The van der Waals surface area contributed by atoms with Gasteiger partial charge in [0.05, 0.1) is 42.0 Å². The summed E-state index contributed by atoms with van der Waals surface area (Å²) in [4.78, 5) is 198. The minimum Gasteiger partial charge on any atom is -0.369 e. The minimum atomic E-state index is -0.831. The van der Waals surface area contributed by atoms with E-state index in [0.29, 0.717) is 155 Å². The Morgan fingerprint density at radius 2 is 0.524 bits per heavy atom. The van der Waals surface area contributed by atoms with E-state index in [4.69, 9.17) is 22.9 Å². The van der Waals surface area contributed by atoms with Crippen LogP contribution in [0.15, 0.2) is 0 Å². The molecule has 18 N–H and O–H groups in total. The predicted octanol–water partition coefficient (Wildman–Crippen LogP) is 1.34. The van der Waals surface area contributed by atoms with Gasteiger partial charge in [0.25, 0.3) is 0 Å². The van der Waals surface area contributed by atoms with Crippen LogP contribution in [0.4, 0.5) is 0 Å². The maximum atomic E-state index is 13.2. The molecule has 40 heteroatoms. The molecule has 103 heavy (non-hydrogen) atoms. The molecule has 4 saturated heterocycles. The lowest BCUT2D eigenvalue weighted by Crippen LogP contribution is -2.48. The van der Waals surface area contributed by atoms with E-state index in [0.717, 1.165) is 9.80 Å². The molecule has 4 aliphatic heterocycles. The van der Waals surface area contributed by atoms with E-state index in [1.54, 1.807) is 86.4 Å². The molecule has 584 valence electrons. The van der Waals surface area contributed by atoms with Gasteiger partial charge in [0.2, 0.25) is 94.5 Å². The average molecular weight is 1600 g/mol. The smallest absolute Gasteiger partial charge is 0.242 e. The van der Waals surface area contributed by atoms with Crippen LogP contribution in [0.2, 0.25) is 0 Å². The average Bonchev–Trinajstić information content (AvgIpc) is 1.76. The maximum Gasteiger partial charge on any atom is 0.242 e. The molecule has 16 amide bonds. The van der Waals surface area contributed by atoms with Crippen molar-refractivity contribution in [2.75, 3.05) is 78.5 Å². The quantitative estimate of drug-likeness (QED) is 0.0232. The van der Waals surface area contributed by atoms with Crippen LogP contribution in [0.25, 0.3) is 0 Å². The largest absolute Gasteiger partial charge is 0.369 e. The SMILES string of the molecule is C.CC(=O)NCCCC[C@H](NC(C)=O)C(=O)NCCC(=O)N(CC(=O)NCCCC[C@@H](C(N)=O)C1SS1)CC(=O)NCCCC[C@@H](C(N)=O)C1SS1.CC(=O)NCCCC[C@H](NC(C)=O)C(=O)NCCC(=O)N(CC(=O)NCCCC[C@@H](C(N)=O)C1SS1)CC(=O)NCCCC[C@@H](C(N)=O)C1SS1. The minimum absolute atomic E-state index is 0. The number of unbranched alkanes of at least 4 members (excludes halogenated alkanes) is 6. The van der Waals surface area contributed by atoms with Gasteiger partial charge in [-0.1, -0.05) is 119 Å². The molecule has 0 aromatic heterocycles. The van der Waals surface area contributed by atoms with Gasteiger partial charge in [-0.15, -0.1) is 0 Å². The molecule has 32 nitrogen and oxygen atoms in total. The lowest BCUT2D eigenvalue weighted by molar-refractivity contribution is -0.139. The molecule has 0 aliphatic carbocycles. The van der Waals surface area contributed by atoms with Gasteiger partial charge in [0.15, 0.2) is 0 Å². The summed E-state index contributed by atoms with van der Waals surface area (Å²) in [6.07, 6.45) is 10.2. The summed E-state index contributed by atoms with van der Waals surface area (Å²) >= 11 is 0. The van der Waals surface area contributed by atoms with Crippen LogP contribution < -0.4 is 76.1 Å². The second-order valence-electron chi connectivity index (χ2n) is 24.7. The number of nitrogens with two attached hydrogens (primary N) is 4. The zero-order chi connectivity index (χ0) is 75.5. The number of amides is 16. The van der Waals surface area contributed by atoms with Crippen molar-refractivity contribution in [2.45, 2.75) is 194 Å². The molecule has 0 aromatic carbocycles. The number of nitrogens with one attached hydrogen (secondary N) is 10. The molecule has 0 radical (unpaired) electrons. The Balaban J connectivity index is 0.000000693. The first-order chi connectivity index (χ1) is 48.6. The Hall–Kier alpha value is -5.68. The number of rotatable bonds is 56. The Morgan fingerprint density at radius 1 is 0.301 bits per heavy atom. The molecule has 0 aromatic rings. The first-order valence-corrected chi connectivity index (χ1v) is 43.3. The van der Waals surface area contributed by atoms with Crippen molar-refractivity contribution in [3.8, 4) is 0 Å². The Morgan fingerprint density at radius 3 is 0.728 bits per heavy atom. The number of hydrogen-bond acceptors (Lipinski definition) is 24. The fourth-order valence-electron chi connectivity index (χ4n) is 10.2. The fraction of sp³-hybridized carbons (Fsp3) is 0.746. The van der Waals surface area contributed by atoms with Gasteiger partial charge in [-0.25, -0.2) is 0 Å². The van der Waals surface area contributed by atoms with E-state index in [9.17, 15) is 76.7 Å². The summed E-state index contributed by atoms with van der Waals surface area (Å²) in [5, 5.41) is 26.9. The van der Waals surface area contributed by atoms with Crippen LogP contribution in [0.1, 0.15) is 164 Å². The van der Waals surface area contributed by atoms with Crippen LogP contribution in [0, 0.1) is 23.7 Å². The van der Waals surface area contributed by atoms with Crippen LogP contribution in [0.5, 0.6) is 0 Å². The van der Waals surface area contributed by atoms with Crippen LogP contribution in [-0.2, 0) is 76.7 Å². The van der Waals surface area contributed by atoms with Crippen molar-refractivity contribution >= 4 is 181 Å². The zero-order valence-corrected chi connectivity index (χ0v) is 64.9. The molecular formula is C63H108N16O16S8. The summed E-state index contributed by atoms with van der Waals surface area (Å²) < 4.78 is 0.770. The molecule has 6 atom stereocenters. The monoisotopic (exact) mass is 1600 g/mol. The zero-order valence-electron chi connectivity index (χ0n) is 58.4. The summed E-state index contributed by atoms with van der Waals surface area (Å²) in [5.74, 6) is -7.14. The second kappa shape index (κ2) is 53.1. The van der Waals surface area contributed by atoms with Gasteiger partial charge in [-0.05, 0) is 89.9 Å².